The summed E-state index contributed by atoms with van der Waals surface area (Å²) < 4.78 is 0. The molecule has 0 aromatic heterocycles. The predicted molar refractivity (Wildman–Crippen MR) is 98.7 cm³/mol. The second-order valence-electron chi connectivity index (χ2n) is 9.72. The highest BCUT2D eigenvalue weighted by Gasteiger charge is 2.55. The molecule has 2 fully saturated rings. The minimum Gasteiger partial charge on any atom is -0.0651 e. The Balaban J connectivity index is 2.10. The molecule has 2 aliphatic rings. The summed E-state index contributed by atoms with van der Waals surface area (Å²) in [6.07, 6.45) is 2.93. The monoisotopic (exact) mass is 306 g/mol. The number of rotatable bonds is 7. The maximum Gasteiger partial charge on any atom is -0.0323 e. The maximum atomic E-state index is 2.59. The van der Waals surface area contributed by atoms with Gasteiger partial charge in [0.1, 0.15) is 0 Å². The van der Waals surface area contributed by atoms with Crippen LogP contribution in [0.1, 0.15) is 75.2 Å². The van der Waals surface area contributed by atoms with Gasteiger partial charge in [-0.15, -0.1) is 0 Å². The fourth-order valence-corrected chi connectivity index (χ4v) is 6.83. The minimum atomic E-state index is 0.818. The first-order chi connectivity index (χ1) is 10.2. The van der Waals surface area contributed by atoms with Gasteiger partial charge in [-0.05, 0) is 71.5 Å². The molecule has 2 aliphatic carbocycles. The zero-order valence-corrected chi connectivity index (χ0v) is 16.8. The van der Waals surface area contributed by atoms with Crippen molar-refractivity contribution in [2.45, 2.75) is 75.2 Å². The van der Waals surface area contributed by atoms with Crippen LogP contribution in [0.3, 0.4) is 0 Å². The van der Waals surface area contributed by atoms with Gasteiger partial charge in [-0.1, -0.05) is 68.7 Å². The third-order valence-electron chi connectivity index (χ3n) is 8.03. The van der Waals surface area contributed by atoms with Gasteiger partial charge in [0.25, 0.3) is 0 Å². The van der Waals surface area contributed by atoms with Crippen LogP contribution in [0.15, 0.2) is 0 Å². The lowest BCUT2D eigenvalue weighted by Crippen LogP contribution is -2.52. The minimum absolute atomic E-state index is 0.818. The molecule has 0 aliphatic heterocycles. The molecule has 8 atom stereocenters. The van der Waals surface area contributed by atoms with Gasteiger partial charge in [0, 0.05) is 0 Å². The highest BCUT2D eigenvalue weighted by atomic mass is 14.6. The summed E-state index contributed by atoms with van der Waals surface area (Å²) in [5.41, 5.74) is 0. The SMILES string of the molecule is CCC1CC1C(C)C1C(C)C(C)C1C(C)C(C(C)C)C(C)C. The van der Waals surface area contributed by atoms with Crippen LogP contribution in [0.25, 0.3) is 0 Å². The molecule has 0 bridgehead atoms. The van der Waals surface area contributed by atoms with E-state index in [4.69, 9.17) is 0 Å². The van der Waals surface area contributed by atoms with E-state index < -0.39 is 0 Å². The van der Waals surface area contributed by atoms with Crippen LogP contribution in [-0.2, 0) is 0 Å². The van der Waals surface area contributed by atoms with E-state index in [0.717, 1.165) is 65.1 Å². The molecule has 130 valence electrons. The van der Waals surface area contributed by atoms with Gasteiger partial charge in [-0.3, -0.25) is 0 Å². The third-order valence-corrected chi connectivity index (χ3v) is 8.03. The average molecular weight is 307 g/mol. The Morgan fingerprint density at radius 1 is 0.818 bits per heavy atom. The first-order valence-corrected chi connectivity index (χ1v) is 10.2. The largest absolute Gasteiger partial charge is 0.0651 e. The molecule has 0 radical (unpaired) electrons. The molecule has 2 saturated carbocycles. The van der Waals surface area contributed by atoms with E-state index in [1.165, 1.54) is 12.8 Å². The fourth-order valence-electron chi connectivity index (χ4n) is 6.83. The van der Waals surface area contributed by atoms with E-state index in [2.05, 4.69) is 62.3 Å². The summed E-state index contributed by atoms with van der Waals surface area (Å²) in [5.74, 6) is 10.3. The van der Waals surface area contributed by atoms with Crippen molar-refractivity contribution in [1.82, 2.24) is 0 Å². The average Bonchev–Trinajstić information content (AvgIpc) is 3.21. The van der Waals surface area contributed by atoms with Crippen LogP contribution in [0.4, 0.5) is 0 Å². The van der Waals surface area contributed by atoms with Gasteiger partial charge in [-0.25, -0.2) is 0 Å². The standard InChI is InChI=1S/C22H42/c1-10-18-11-19(18)16(8)21-14(6)15(7)22(21)17(9)20(12(2)3)13(4)5/h12-22H,10-11H2,1-9H3. The Morgan fingerprint density at radius 3 is 1.73 bits per heavy atom. The van der Waals surface area contributed by atoms with Gasteiger partial charge in [0.05, 0.1) is 0 Å². The van der Waals surface area contributed by atoms with Crippen LogP contribution < -0.4 is 0 Å². The third kappa shape index (κ3) is 3.13. The van der Waals surface area contributed by atoms with E-state index in [0.29, 0.717) is 0 Å². The van der Waals surface area contributed by atoms with Gasteiger partial charge in [-0.2, -0.15) is 0 Å². The van der Waals surface area contributed by atoms with Gasteiger partial charge in [0.2, 0.25) is 0 Å². The first kappa shape index (κ1) is 18.3. The quantitative estimate of drug-likeness (QED) is 0.488. The Bertz CT molecular complexity index is 347. The highest BCUT2D eigenvalue weighted by Crippen LogP contribution is 2.61. The Labute approximate surface area is 140 Å². The summed E-state index contributed by atoms with van der Waals surface area (Å²) >= 11 is 0. The highest BCUT2D eigenvalue weighted by molar-refractivity contribution is 5.03. The second kappa shape index (κ2) is 6.86. The summed E-state index contributed by atoms with van der Waals surface area (Å²) in [4.78, 5) is 0. The number of hydrogen-bond acceptors (Lipinski definition) is 0. The van der Waals surface area contributed by atoms with Crippen LogP contribution in [-0.4, -0.2) is 0 Å². The van der Waals surface area contributed by atoms with Crippen molar-refractivity contribution < 1.29 is 0 Å². The molecule has 0 N–H and O–H groups in total. The Kier molecular flexibility index (Phi) is 5.72. The zero-order chi connectivity index (χ0) is 16.8. The van der Waals surface area contributed by atoms with E-state index in [1.807, 2.05) is 0 Å². The van der Waals surface area contributed by atoms with Gasteiger partial charge in [0.15, 0.2) is 0 Å². The topological polar surface area (TPSA) is 0 Å². The smallest absolute Gasteiger partial charge is 0.0323 e. The van der Waals surface area contributed by atoms with Crippen molar-refractivity contribution in [3.05, 3.63) is 0 Å². The summed E-state index contributed by atoms with van der Waals surface area (Å²) in [5, 5.41) is 0. The Hall–Kier alpha value is 0. The molecular formula is C22H42. The molecule has 22 heavy (non-hydrogen) atoms. The van der Waals surface area contributed by atoms with Crippen molar-refractivity contribution in [3.63, 3.8) is 0 Å². The van der Waals surface area contributed by atoms with Crippen LogP contribution in [0, 0.1) is 65.1 Å². The lowest BCUT2D eigenvalue weighted by molar-refractivity contribution is -0.0960. The zero-order valence-electron chi connectivity index (χ0n) is 16.8. The van der Waals surface area contributed by atoms with E-state index in [1.54, 1.807) is 0 Å². The van der Waals surface area contributed by atoms with Crippen molar-refractivity contribution >= 4 is 0 Å². The molecule has 0 heteroatoms. The predicted octanol–water partition coefficient (Wildman–Crippen LogP) is 6.75. The molecule has 0 saturated heterocycles. The molecular weight excluding hydrogens is 264 g/mol. The van der Waals surface area contributed by atoms with Crippen molar-refractivity contribution in [1.29, 1.82) is 0 Å². The van der Waals surface area contributed by atoms with Crippen LogP contribution >= 0.6 is 0 Å². The van der Waals surface area contributed by atoms with Crippen LogP contribution in [0.5, 0.6) is 0 Å². The van der Waals surface area contributed by atoms with Gasteiger partial charge >= 0.3 is 0 Å². The van der Waals surface area contributed by atoms with Crippen LogP contribution in [0.2, 0.25) is 0 Å². The summed E-state index contributed by atoms with van der Waals surface area (Å²) in [7, 11) is 0. The van der Waals surface area contributed by atoms with E-state index >= 15 is 0 Å². The van der Waals surface area contributed by atoms with Gasteiger partial charge < -0.3 is 0 Å². The molecule has 0 heterocycles. The lowest BCUT2D eigenvalue weighted by atomic mass is 9.48. The molecule has 0 nitrogen and oxygen atoms in total. The summed E-state index contributed by atoms with van der Waals surface area (Å²) in [6, 6.07) is 0. The van der Waals surface area contributed by atoms with Crippen molar-refractivity contribution in [2.75, 3.05) is 0 Å². The van der Waals surface area contributed by atoms with E-state index in [-0.39, 0.29) is 0 Å². The maximum absolute atomic E-state index is 2.59. The van der Waals surface area contributed by atoms with Crippen molar-refractivity contribution in [2.24, 2.45) is 65.1 Å². The molecule has 0 aromatic rings. The van der Waals surface area contributed by atoms with Crippen molar-refractivity contribution in [3.8, 4) is 0 Å². The molecule has 2 rings (SSSR count). The molecule has 0 aromatic carbocycles. The van der Waals surface area contributed by atoms with E-state index in [9.17, 15) is 0 Å². The first-order valence-electron chi connectivity index (χ1n) is 10.2. The summed E-state index contributed by atoms with van der Waals surface area (Å²) in [6.45, 7) is 22.4. The lowest BCUT2D eigenvalue weighted by Gasteiger charge is -2.57. The normalized spacial score (nSPS) is 40.9. The molecule has 0 amide bonds. The molecule has 8 unspecified atom stereocenters. The second-order valence-corrected chi connectivity index (χ2v) is 9.72. The Morgan fingerprint density at radius 2 is 1.32 bits per heavy atom. The number of hydrogen-bond donors (Lipinski definition) is 0. The fraction of sp³-hybridized carbons (Fsp3) is 1.00. The molecule has 0 spiro atoms.